The maximum absolute atomic E-state index is 11.0. The molecule has 1 saturated heterocycles. The normalized spacial score (nSPS) is 16.2. The highest BCUT2D eigenvalue weighted by atomic mass is 16.5. The van der Waals surface area contributed by atoms with Gasteiger partial charge in [-0.1, -0.05) is 6.42 Å². The van der Waals surface area contributed by atoms with Gasteiger partial charge in [0.05, 0.1) is 0 Å². The van der Waals surface area contributed by atoms with Crippen LogP contribution in [0.15, 0.2) is 24.5 Å². The third-order valence-electron chi connectivity index (χ3n) is 3.78. The molecule has 0 spiro atoms. The molecule has 0 atom stereocenters. The van der Waals surface area contributed by atoms with Crippen LogP contribution in [0.25, 0.3) is 5.65 Å². The average Bonchev–Trinajstić information content (AvgIpc) is 2.94. The highest BCUT2D eigenvalue weighted by Gasteiger charge is 2.13. The highest BCUT2D eigenvalue weighted by molar-refractivity contribution is 5.86. The number of hydrogen-bond donors (Lipinski definition) is 1. The maximum Gasteiger partial charge on any atom is 0.356 e. The molecule has 6 nitrogen and oxygen atoms in total. The van der Waals surface area contributed by atoms with Crippen LogP contribution in [-0.4, -0.2) is 51.6 Å². The predicted octanol–water partition coefficient (Wildman–Crippen LogP) is 1.90. The molecule has 112 valence electrons. The van der Waals surface area contributed by atoms with E-state index in [1.54, 1.807) is 10.6 Å². The second kappa shape index (κ2) is 6.13. The molecule has 2 aromatic rings. The molecule has 1 aliphatic heterocycles. The summed E-state index contributed by atoms with van der Waals surface area (Å²) in [6.07, 6.45) is 7.11. The minimum absolute atomic E-state index is 0.0297. The summed E-state index contributed by atoms with van der Waals surface area (Å²) in [5.74, 6) is -0.403. The van der Waals surface area contributed by atoms with Gasteiger partial charge in [0.15, 0.2) is 17.1 Å². The van der Waals surface area contributed by atoms with Crippen LogP contribution in [0.3, 0.4) is 0 Å². The third kappa shape index (κ3) is 3.16. The number of carboxylic acids is 1. The van der Waals surface area contributed by atoms with Crippen LogP contribution in [0.1, 0.15) is 29.8 Å². The smallest absolute Gasteiger partial charge is 0.356 e. The Hall–Kier alpha value is -2.08. The largest absolute Gasteiger partial charge is 0.488 e. The SMILES string of the molecule is O=C(O)c1cn2cccc(OCCN3CCCCC3)c2n1. The minimum Gasteiger partial charge on any atom is -0.488 e. The Kier molecular flexibility index (Phi) is 4.06. The molecule has 6 heteroatoms. The van der Waals surface area contributed by atoms with E-state index in [-0.39, 0.29) is 5.69 Å². The van der Waals surface area contributed by atoms with E-state index in [2.05, 4.69) is 9.88 Å². The quantitative estimate of drug-likeness (QED) is 0.910. The molecule has 0 bridgehead atoms. The van der Waals surface area contributed by atoms with Gasteiger partial charge in [0.25, 0.3) is 0 Å². The van der Waals surface area contributed by atoms with Crippen LogP contribution >= 0.6 is 0 Å². The lowest BCUT2D eigenvalue weighted by atomic mass is 10.1. The van der Waals surface area contributed by atoms with Crippen LogP contribution in [0, 0.1) is 0 Å². The van der Waals surface area contributed by atoms with E-state index in [0.29, 0.717) is 18.0 Å². The van der Waals surface area contributed by atoms with E-state index >= 15 is 0 Å². The van der Waals surface area contributed by atoms with E-state index in [9.17, 15) is 4.79 Å². The van der Waals surface area contributed by atoms with Gasteiger partial charge in [0.2, 0.25) is 0 Å². The first-order chi connectivity index (χ1) is 10.2. The summed E-state index contributed by atoms with van der Waals surface area (Å²) < 4.78 is 7.48. The van der Waals surface area contributed by atoms with Crippen LogP contribution in [0.4, 0.5) is 0 Å². The second-order valence-corrected chi connectivity index (χ2v) is 5.29. The lowest BCUT2D eigenvalue weighted by Gasteiger charge is -2.26. The van der Waals surface area contributed by atoms with Crippen molar-refractivity contribution in [2.45, 2.75) is 19.3 Å². The van der Waals surface area contributed by atoms with Crippen molar-refractivity contribution >= 4 is 11.6 Å². The van der Waals surface area contributed by atoms with Crippen LogP contribution < -0.4 is 4.74 Å². The number of hydrogen-bond acceptors (Lipinski definition) is 4. The van der Waals surface area contributed by atoms with Crippen molar-refractivity contribution in [3.8, 4) is 5.75 Å². The van der Waals surface area contributed by atoms with Gasteiger partial charge in [-0.2, -0.15) is 0 Å². The van der Waals surface area contributed by atoms with Crippen molar-refractivity contribution in [2.24, 2.45) is 0 Å². The fourth-order valence-corrected chi connectivity index (χ4v) is 2.67. The molecule has 3 rings (SSSR count). The lowest BCUT2D eigenvalue weighted by molar-refractivity contribution is 0.0691. The number of carbonyl (C=O) groups is 1. The molecule has 0 aromatic carbocycles. The zero-order valence-corrected chi connectivity index (χ0v) is 11.9. The number of likely N-dealkylation sites (tertiary alicyclic amines) is 1. The fourth-order valence-electron chi connectivity index (χ4n) is 2.67. The Morgan fingerprint density at radius 2 is 2.14 bits per heavy atom. The molecule has 0 unspecified atom stereocenters. The molecule has 1 N–H and O–H groups in total. The van der Waals surface area contributed by atoms with Gasteiger partial charge in [-0.05, 0) is 38.1 Å². The summed E-state index contributed by atoms with van der Waals surface area (Å²) in [5.41, 5.74) is 0.579. The molecule has 0 aliphatic carbocycles. The standard InChI is InChI=1S/C15H19N3O3/c19-15(20)12-11-18-8-4-5-13(14(18)16-12)21-10-9-17-6-2-1-3-7-17/h4-5,8,11H,1-3,6-7,9-10H2,(H,19,20). The minimum atomic E-state index is -1.03. The number of ether oxygens (including phenoxy) is 1. The van der Waals surface area contributed by atoms with E-state index in [1.807, 2.05) is 12.1 Å². The second-order valence-electron chi connectivity index (χ2n) is 5.29. The fraction of sp³-hybridized carbons (Fsp3) is 0.467. The molecular formula is C15H19N3O3. The number of rotatable bonds is 5. The molecule has 0 amide bonds. The Morgan fingerprint density at radius 1 is 1.33 bits per heavy atom. The molecule has 1 fully saturated rings. The zero-order chi connectivity index (χ0) is 14.7. The van der Waals surface area contributed by atoms with Gasteiger partial charge >= 0.3 is 5.97 Å². The molecule has 3 heterocycles. The van der Waals surface area contributed by atoms with Crippen LogP contribution in [0.2, 0.25) is 0 Å². The molecule has 0 saturated carbocycles. The van der Waals surface area contributed by atoms with Crippen molar-refractivity contribution in [1.82, 2.24) is 14.3 Å². The summed E-state index contributed by atoms with van der Waals surface area (Å²) in [5, 5.41) is 9.00. The van der Waals surface area contributed by atoms with Crippen molar-refractivity contribution in [3.05, 3.63) is 30.2 Å². The monoisotopic (exact) mass is 289 g/mol. The Morgan fingerprint density at radius 3 is 2.90 bits per heavy atom. The van der Waals surface area contributed by atoms with Crippen LogP contribution in [-0.2, 0) is 0 Å². The van der Waals surface area contributed by atoms with Gasteiger partial charge in [-0.3, -0.25) is 4.90 Å². The Bertz CT molecular complexity index is 632. The molecule has 21 heavy (non-hydrogen) atoms. The third-order valence-corrected chi connectivity index (χ3v) is 3.78. The number of aromatic carboxylic acids is 1. The number of piperidine rings is 1. The van der Waals surface area contributed by atoms with Crippen molar-refractivity contribution in [1.29, 1.82) is 0 Å². The lowest BCUT2D eigenvalue weighted by Crippen LogP contribution is -2.33. The van der Waals surface area contributed by atoms with Crippen molar-refractivity contribution in [2.75, 3.05) is 26.2 Å². The maximum atomic E-state index is 11.0. The topological polar surface area (TPSA) is 67.1 Å². The summed E-state index contributed by atoms with van der Waals surface area (Å²) in [6.45, 7) is 3.77. The van der Waals surface area contributed by atoms with E-state index in [0.717, 1.165) is 19.6 Å². The summed E-state index contributed by atoms with van der Waals surface area (Å²) >= 11 is 0. The molecule has 2 aromatic heterocycles. The number of fused-ring (bicyclic) bond motifs is 1. The zero-order valence-electron chi connectivity index (χ0n) is 11.9. The van der Waals surface area contributed by atoms with Gasteiger partial charge < -0.3 is 14.2 Å². The van der Waals surface area contributed by atoms with Gasteiger partial charge in [-0.25, -0.2) is 9.78 Å². The van der Waals surface area contributed by atoms with Crippen molar-refractivity contribution < 1.29 is 14.6 Å². The summed E-state index contributed by atoms with van der Waals surface area (Å²) in [7, 11) is 0. The number of imidazole rings is 1. The average molecular weight is 289 g/mol. The summed E-state index contributed by atoms with van der Waals surface area (Å²) in [4.78, 5) is 17.5. The number of nitrogens with zero attached hydrogens (tertiary/aromatic N) is 3. The molecule has 1 aliphatic rings. The predicted molar refractivity (Wildman–Crippen MR) is 77.9 cm³/mol. The number of carboxylic acid groups (broad SMARTS) is 1. The number of pyridine rings is 1. The van der Waals surface area contributed by atoms with E-state index in [4.69, 9.17) is 9.84 Å². The van der Waals surface area contributed by atoms with Gasteiger partial charge in [0.1, 0.15) is 6.61 Å². The van der Waals surface area contributed by atoms with Gasteiger partial charge in [-0.15, -0.1) is 0 Å². The number of aromatic nitrogens is 2. The van der Waals surface area contributed by atoms with E-state index < -0.39 is 5.97 Å². The van der Waals surface area contributed by atoms with Gasteiger partial charge in [0, 0.05) is 18.9 Å². The first kappa shape index (κ1) is 13.9. The molecule has 0 radical (unpaired) electrons. The summed E-state index contributed by atoms with van der Waals surface area (Å²) in [6, 6.07) is 3.65. The van der Waals surface area contributed by atoms with Crippen molar-refractivity contribution in [3.63, 3.8) is 0 Å². The highest BCUT2D eigenvalue weighted by Crippen LogP contribution is 2.19. The van der Waals surface area contributed by atoms with Crippen LogP contribution in [0.5, 0.6) is 5.75 Å². The Balaban J connectivity index is 1.67. The molecular weight excluding hydrogens is 270 g/mol. The first-order valence-electron chi connectivity index (χ1n) is 7.30. The Labute approximate surface area is 123 Å². The van der Waals surface area contributed by atoms with E-state index in [1.165, 1.54) is 25.5 Å². The first-order valence-corrected chi connectivity index (χ1v) is 7.30.